The third kappa shape index (κ3) is 4.44. The van der Waals surface area contributed by atoms with Gasteiger partial charge in [-0.2, -0.15) is 0 Å². The minimum absolute atomic E-state index is 0.00166. The molecule has 2 aliphatic rings. The van der Waals surface area contributed by atoms with Crippen molar-refractivity contribution >= 4 is 11.8 Å². The number of rotatable bonds is 8. The number of ether oxygens (including phenoxy) is 1. The van der Waals surface area contributed by atoms with E-state index in [1.807, 2.05) is 36.9 Å². The molecule has 7 nitrogen and oxygen atoms in total. The summed E-state index contributed by atoms with van der Waals surface area (Å²) in [7, 11) is 0. The van der Waals surface area contributed by atoms with Crippen LogP contribution in [0.5, 0.6) is 5.75 Å². The second-order valence-corrected chi connectivity index (χ2v) is 8.13. The predicted molar refractivity (Wildman–Crippen MR) is 109 cm³/mol. The number of nitrogens with one attached hydrogen (secondary N) is 2. The minimum Gasteiger partial charge on any atom is -0.489 e. The van der Waals surface area contributed by atoms with Crippen molar-refractivity contribution in [2.24, 2.45) is 5.92 Å². The zero-order valence-electron chi connectivity index (χ0n) is 17.0. The first-order valence-electron chi connectivity index (χ1n) is 10.4. The van der Waals surface area contributed by atoms with Gasteiger partial charge < -0.3 is 19.9 Å². The Bertz CT molecular complexity index is 876. The van der Waals surface area contributed by atoms with E-state index in [0.717, 1.165) is 36.3 Å². The maximum atomic E-state index is 13.2. The molecule has 1 aliphatic heterocycles. The molecule has 1 aromatic heterocycles. The third-order valence-corrected chi connectivity index (χ3v) is 5.58. The Kier molecular flexibility index (Phi) is 5.56. The molecule has 0 bridgehead atoms. The summed E-state index contributed by atoms with van der Waals surface area (Å²) < 4.78 is 5.91. The summed E-state index contributed by atoms with van der Waals surface area (Å²) in [6.45, 7) is 4.87. The molecule has 4 rings (SSSR count). The Hall–Kier alpha value is -2.83. The summed E-state index contributed by atoms with van der Waals surface area (Å²) in [5, 5.41) is 2.98. The zero-order valence-corrected chi connectivity index (χ0v) is 17.0. The van der Waals surface area contributed by atoms with Gasteiger partial charge in [-0.15, -0.1) is 0 Å². The van der Waals surface area contributed by atoms with Gasteiger partial charge in [0.1, 0.15) is 11.9 Å². The average molecular weight is 396 g/mol. The number of hydrogen-bond acceptors (Lipinski definition) is 4. The molecule has 2 N–H and O–H groups in total. The molecular formula is C22H28N4O3. The van der Waals surface area contributed by atoms with Gasteiger partial charge in [0, 0.05) is 49.8 Å². The number of hydrogen-bond donors (Lipinski definition) is 2. The van der Waals surface area contributed by atoms with Gasteiger partial charge in [-0.25, -0.2) is 4.98 Å². The number of amides is 2. The largest absolute Gasteiger partial charge is 0.489 e. The number of fused-ring (bicyclic) bond motifs is 1. The number of aromatic nitrogens is 2. The van der Waals surface area contributed by atoms with Crippen molar-refractivity contribution in [1.29, 1.82) is 0 Å². The molecular weight excluding hydrogens is 368 g/mol. The van der Waals surface area contributed by atoms with Crippen LogP contribution in [0.25, 0.3) is 0 Å². The molecule has 29 heavy (non-hydrogen) atoms. The van der Waals surface area contributed by atoms with Crippen LogP contribution < -0.4 is 10.1 Å². The molecule has 2 amide bonds. The Labute approximate surface area is 170 Å². The van der Waals surface area contributed by atoms with Crippen LogP contribution in [0.3, 0.4) is 0 Å². The second kappa shape index (κ2) is 8.27. The number of imidazole rings is 1. The van der Waals surface area contributed by atoms with Gasteiger partial charge in [0.25, 0.3) is 5.91 Å². The lowest BCUT2D eigenvalue weighted by Gasteiger charge is -2.24. The summed E-state index contributed by atoms with van der Waals surface area (Å²) in [5.41, 5.74) is 2.67. The molecule has 2 heterocycles. The highest BCUT2D eigenvalue weighted by Gasteiger charge is 2.35. The van der Waals surface area contributed by atoms with E-state index < -0.39 is 0 Å². The van der Waals surface area contributed by atoms with Crippen LogP contribution >= 0.6 is 0 Å². The van der Waals surface area contributed by atoms with Gasteiger partial charge in [0.2, 0.25) is 5.91 Å². The number of benzene rings is 1. The normalized spacial score (nSPS) is 18.6. The quantitative estimate of drug-likeness (QED) is 0.717. The van der Waals surface area contributed by atoms with Crippen molar-refractivity contribution in [1.82, 2.24) is 20.2 Å². The summed E-state index contributed by atoms with van der Waals surface area (Å²) in [6, 6.07) is 6.06. The Morgan fingerprint density at radius 1 is 1.38 bits per heavy atom. The first kappa shape index (κ1) is 19.5. The zero-order chi connectivity index (χ0) is 20.4. The number of aromatic amines is 1. The highest BCUT2D eigenvalue weighted by molar-refractivity contribution is 5.98. The van der Waals surface area contributed by atoms with Gasteiger partial charge in [-0.05, 0) is 31.4 Å². The Balaban J connectivity index is 1.35. The van der Waals surface area contributed by atoms with Crippen molar-refractivity contribution in [3.63, 3.8) is 0 Å². The van der Waals surface area contributed by atoms with Crippen molar-refractivity contribution in [2.75, 3.05) is 13.1 Å². The smallest absolute Gasteiger partial charge is 0.257 e. The average Bonchev–Trinajstić information content (AvgIpc) is 3.26. The van der Waals surface area contributed by atoms with E-state index in [0.29, 0.717) is 25.1 Å². The maximum Gasteiger partial charge on any atom is 0.257 e. The van der Waals surface area contributed by atoms with Crippen molar-refractivity contribution in [3.8, 4) is 5.75 Å². The standard InChI is InChI=1S/C22H28N4O3/c1-14(10-17-12-23-13-25-17)21(27)24-8-9-26(18-6-7-18)22(28)19-5-3-4-16-11-15(2)29-20(16)19/h3-5,12-15,18H,6-11H2,1-2H3,(H,23,25)(H,24,27). The lowest BCUT2D eigenvalue weighted by atomic mass is 10.1. The summed E-state index contributed by atoms with van der Waals surface area (Å²) in [4.78, 5) is 34.5. The predicted octanol–water partition coefficient (Wildman–Crippen LogP) is 2.33. The van der Waals surface area contributed by atoms with E-state index in [4.69, 9.17) is 4.74 Å². The first-order valence-corrected chi connectivity index (χ1v) is 10.4. The monoisotopic (exact) mass is 396 g/mol. The molecule has 0 radical (unpaired) electrons. The summed E-state index contributed by atoms with van der Waals surface area (Å²) in [5.74, 6) is 0.555. The van der Waals surface area contributed by atoms with E-state index >= 15 is 0 Å². The van der Waals surface area contributed by atoms with E-state index in [2.05, 4.69) is 15.3 Å². The van der Waals surface area contributed by atoms with Crippen molar-refractivity contribution < 1.29 is 14.3 Å². The van der Waals surface area contributed by atoms with Crippen LogP contribution in [0.1, 0.15) is 48.3 Å². The van der Waals surface area contributed by atoms with Crippen LogP contribution in [0.2, 0.25) is 0 Å². The molecule has 0 saturated heterocycles. The number of nitrogens with zero attached hydrogens (tertiary/aromatic N) is 2. The van der Waals surface area contributed by atoms with E-state index in [1.165, 1.54) is 0 Å². The molecule has 2 unspecified atom stereocenters. The molecule has 1 fully saturated rings. The first-order chi connectivity index (χ1) is 14.0. The number of para-hydroxylation sites is 1. The fraction of sp³-hybridized carbons (Fsp3) is 0.500. The second-order valence-electron chi connectivity index (χ2n) is 8.13. The summed E-state index contributed by atoms with van der Waals surface area (Å²) in [6.07, 6.45) is 6.93. The number of carbonyl (C=O) groups is 2. The van der Waals surface area contributed by atoms with Gasteiger partial charge in [-0.3, -0.25) is 9.59 Å². The summed E-state index contributed by atoms with van der Waals surface area (Å²) >= 11 is 0. The molecule has 0 spiro atoms. The van der Waals surface area contributed by atoms with Gasteiger partial charge in [0.15, 0.2) is 0 Å². The topological polar surface area (TPSA) is 87.3 Å². The van der Waals surface area contributed by atoms with E-state index in [-0.39, 0.29) is 29.9 Å². The maximum absolute atomic E-state index is 13.2. The Morgan fingerprint density at radius 2 is 2.21 bits per heavy atom. The molecule has 7 heteroatoms. The number of H-pyrrole nitrogens is 1. The van der Waals surface area contributed by atoms with Crippen LogP contribution in [0.15, 0.2) is 30.7 Å². The number of carbonyl (C=O) groups excluding carboxylic acids is 2. The third-order valence-electron chi connectivity index (χ3n) is 5.58. The fourth-order valence-corrected chi connectivity index (χ4v) is 3.89. The van der Waals surface area contributed by atoms with Gasteiger partial charge >= 0.3 is 0 Å². The highest BCUT2D eigenvalue weighted by Crippen LogP contribution is 2.35. The minimum atomic E-state index is -0.159. The van der Waals surface area contributed by atoms with Gasteiger partial charge in [0.05, 0.1) is 11.9 Å². The van der Waals surface area contributed by atoms with Crippen LogP contribution in [0, 0.1) is 5.92 Å². The lowest BCUT2D eigenvalue weighted by molar-refractivity contribution is -0.124. The SMILES string of the molecule is CC1Cc2cccc(C(=O)N(CCNC(=O)C(C)Cc3cnc[nH]3)C3CC3)c2O1. The highest BCUT2D eigenvalue weighted by atomic mass is 16.5. The molecule has 2 aromatic rings. The lowest BCUT2D eigenvalue weighted by Crippen LogP contribution is -2.41. The van der Waals surface area contributed by atoms with Crippen LogP contribution in [0.4, 0.5) is 0 Å². The van der Waals surface area contributed by atoms with Crippen LogP contribution in [-0.2, 0) is 17.6 Å². The molecule has 1 aromatic carbocycles. The van der Waals surface area contributed by atoms with Crippen molar-refractivity contribution in [3.05, 3.63) is 47.5 Å². The molecule has 1 saturated carbocycles. The van der Waals surface area contributed by atoms with Crippen LogP contribution in [-0.4, -0.2) is 51.9 Å². The molecule has 154 valence electrons. The molecule has 2 atom stereocenters. The van der Waals surface area contributed by atoms with Crippen molar-refractivity contribution in [2.45, 2.75) is 51.7 Å². The van der Waals surface area contributed by atoms with E-state index in [1.54, 1.807) is 12.5 Å². The Morgan fingerprint density at radius 3 is 2.93 bits per heavy atom. The van der Waals surface area contributed by atoms with Gasteiger partial charge in [-0.1, -0.05) is 19.1 Å². The molecule has 1 aliphatic carbocycles. The van der Waals surface area contributed by atoms with E-state index in [9.17, 15) is 9.59 Å². The fourth-order valence-electron chi connectivity index (χ4n) is 3.89.